The highest BCUT2D eigenvalue weighted by Crippen LogP contribution is 2.29. The Kier molecular flexibility index (Phi) is 7.20. The van der Waals surface area contributed by atoms with E-state index >= 15 is 0 Å². The molecule has 6 nitrogen and oxygen atoms in total. The normalized spacial score (nSPS) is 11.3. The van der Waals surface area contributed by atoms with Gasteiger partial charge in [0.15, 0.2) is 11.7 Å². The van der Waals surface area contributed by atoms with Gasteiger partial charge in [0.1, 0.15) is 5.75 Å². The van der Waals surface area contributed by atoms with Crippen molar-refractivity contribution in [3.05, 3.63) is 57.1 Å². The molecule has 0 saturated carbocycles. The van der Waals surface area contributed by atoms with E-state index in [0.29, 0.717) is 16.3 Å². The first-order chi connectivity index (χ1) is 13.5. The van der Waals surface area contributed by atoms with Crippen LogP contribution in [0.4, 0.5) is 34.6 Å². The maximum Gasteiger partial charge on any atom is 0.340 e. The number of ether oxygens (including phenoxy) is 1. The largest absolute Gasteiger partial charge is 0.487 e. The van der Waals surface area contributed by atoms with Crippen molar-refractivity contribution in [1.82, 2.24) is 0 Å². The smallest absolute Gasteiger partial charge is 0.340 e. The zero-order chi connectivity index (χ0) is 21.8. The maximum absolute atomic E-state index is 13.0. The monoisotopic (exact) mass is 451 g/mol. The van der Waals surface area contributed by atoms with Crippen LogP contribution in [-0.4, -0.2) is 29.0 Å². The van der Waals surface area contributed by atoms with Gasteiger partial charge in [-0.1, -0.05) is 17.7 Å². The van der Waals surface area contributed by atoms with Crippen LogP contribution in [-0.2, 0) is 0 Å². The van der Waals surface area contributed by atoms with Crippen molar-refractivity contribution < 1.29 is 27.2 Å². The van der Waals surface area contributed by atoms with E-state index in [1.165, 1.54) is 0 Å². The van der Waals surface area contributed by atoms with E-state index in [1.807, 2.05) is 0 Å². The van der Waals surface area contributed by atoms with Crippen molar-refractivity contribution >= 4 is 46.0 Å². The molecule has 0 aliphatic rings. The number of non-ortho nitro benzene ring substituents is 1. The fourth-order valence-electron chi connectivity index (χ4n) is 2.11. The first kappa shape index (κ1) is 22.6. The zero-order valence-corrected chi connectivity index (χ0v) is 16.3. The van der Waals surface area contributed by atoms with Crippen molar-refractivity contribution in [2.45, 2.75) is 19.3 Å². The minimum absolute atomic E-state index is 0.0275. The van der Waals surface area contributed by atoms with Gasteiger partial charge in [0, 0.05) is 22.8 Å². The van der Waals surface area contributed by atoms with Crippen molar-refractivity contribution in [3.8, 4) is 5.75 Å². The highest BCUT2D eigenvalue weighted by atomic mass is 35.5. The minimum Gasteiger partial charge on any atom is -0.487 e. The number of halogens is 5. The molecule has 0 amide bonds. The predicted octanol–water partition coefficient (Wildman–Crippen LogP) is 5.64. The number of rotatable bonds is 7. The number of anilines is 2. The Morgan fingerprint density at radius 3 is 2.62 bits per heavy atom. The molecule has 0 fully saturated rings. The number of hydrogen-bond acceptors (Lipinski definition) is 4. The number of nitrogens with one attached hydrogen (secondary N) is 2. The van der Waals surface area contributed by atoms with Crippen LogP contribution >= 0.6 is 23.8 Å². The Morgan fingerprint density at radius 2 is 2.00 bits per heavy atom. The number of nitro groups is 1. The van der Waals surface area contributed by atoms with Gasteiger partial charge in [0.05, 0.1) is 16.7 Å². The summed E-state index contributed by atoms with van der Waals surface area (Å²) in [5, 5.41) is 17.1. The average Bonchev–Trinajstić information content (AvgIpc) is 2.63. The molecule has 0 spiro atoms. The summed E-state index contributed by atoms with van der Waals surface area (Å²) >= 11 is 11.2. The molecule has 2 aromatic carbocycles. The second-order valence-corrected chi connectivity index (χ2v) is 6.63. The van der Waals surface area contributed by atoms with Crippen molar-refractivity contribution in [2.75, 3.05) is 17.2 Å². The molecule has 0 radical (unpaired) electrons. The number of benzene rings is 2. The summed E-state index contributed by atoms with van der Waals surface area (Å²) in [4.78, 5) is 10.3. The lowest BCUT2D eigenvalue weighted by atomic mass is 10.2. The van der Waals surface area contributed by atoms with Crippen LogP contribution in [0.5, 0.6) is 5.75 Å². The van der Waals surface area contributed by atoms with Gasteiger partial charge in [-0.3, -0.25) is 10.1 Å². The Balaban J connectivity index is 2.18. The van der Waals surface area contributed by atoms with Crippen LogP contribution in [0, 0.1) is 17.0 Å². The van der Waals surface area contributed by atoms with Gasteiger partial charge in [-0.15, -0.1) is 0 Å². The predicted molar refractivity (Wildman–Crippen MR) is 106 cm³/mol. The van der Waals surface area contributed by atoms with Gasteiger partial charge in [0.2, 0.25) is 0 Å². The lowest BCUT2D eigenvalue weighted by Gasteiger charge is -2.17. The summed E-state index contributed by atoms with van der Waals surface area (Å²) in [5.74, 6) is -4.80. The van der Waals surface area contributed by atoms with Crippen LogP contribution in [0.1, 0.15) is 5.56 Å². The van der Waals surface area contributed by atoms with E-state index < -0.39 is 35.3 Å². The first-order valence-corrected chi connectivity index (χ1v) is 8.69. The molecule has 156 valence electrons. The van der Waals surface area contributed by atoms with E-state index in [9.17, 15) is 27.7 Å². The molecule has 0 unspecified atom stereocenters. The van der Waals surface area contributed by atoms with Crippen LogP contribution in [0.2, 0.25) is 5.02 Å². The Labute approximate surface area is 173 Å². The molecule has 0 aliphatic heterocycles. The van der Waals surface area contributed by atoms with Gasteiger partial charge in [-0.25, -0.2) is 8.78 Å². The van der Waals surface area contributed by atoms with Crippen LogP contribution in [0.25, 0.3) is 0 Å². The van der Waals surface area contributed by atoms with Gasteiger partial charge in [-0.05, 0) is 36.8 Å². The number of thiocarbonyl (C=S) groups is 1. The molecular formula is C17H14ClF4N3O3S. The van der Waals surface area contributed by atoms with Crippen LogP contribution < -0.4 is 15.4 Å². The summed E-state index contributed by atoms with van der Waals surface area (Å²) in [5.41, 5.74) is 0.808. The highest BCUT2D eigenvalue weighted by molar-refractivity contribution is 7.80. The van der Waals surface area contributed by atoms with E-state index in [0.717, 1.165) is 18.2 Å². The SMILES string of the molecule is Cc1c(Cl)cccc1NC(=S)Nc1cc(OCC(F)(F)C(F)F)cc([N+](=O)[O-])c1. The number of hydrogen-bond donors (Lipinski definition) is 2. The van der Waals surface area contributed by atoms with Crippen molar-refractivity contribution in [1.29, 1.82) is 0 Å². The van der Waals surface area contributed by atoms with E-state index in [-0.39, 0.29) is 10.8 Å². The lowest BCUT2D eigenvalue weighted by molar-refractivity contribution is -0.384. The fraction of sp³-hybridized carbons (Fsp3) is 0.235. The van der Waals surface area contributed by atoms with Gasteiger partial charge in [0.25, 0.3) is 5.69 Å². The third kappa shape index (κ3) is 6.16. The highest BCUT2D eigenvalue weighted by Gasteiger charge is 2.41. The summed E-state index contributed by atoms with van der Waals surface area (Å²) in [7, 11) is 0. The molecule has 12 heteroatoms. The summed E-state index contributed by atoms with van der Waals surface area (Å²) in [6.45, 7) is 0.103. The zero-order valence-electron chi connectivity index (χ0n) is 14.7. The van der Waals surface area contributed by atoms with E-state index in [1.54, 1.807) is 25.1 Å². The second kappa shape index (κ2) is 9.23. The molecule has 2 N–H and O–H groups in total. The standard InChI is InChI=1S/C17H14ClF4N3O3S/c1-9-13(18)3-2-4-14(9)24-16(29)23-10-5-11(25(26)27)7-12(6-10)28-8-17(21,22)15(19)20/h2-7,15H,8H2,1H3,(H2,23,24,29). The molecule has 0 bridgehead atoms. The molecule has 2 rings (SSSR count). The molecule has 0 aliphatic carbocycles. The maximum atomic E-state index is 13.0. The molecule has 0 aromatic heterocycles. The third-order valence-corrected chi connectivity index (χ3v) is 4.24. The Morgan fingerprint density at radius 1 is 1.31 bits per heavy atom. The molecule has 0 atom stereocenters. The van der Waals surface area contributed by atoms with E-state index in [4.69, 9.17) is 23.8 Å². The summed E-state index contributed by atoms with van der Waals surface area (Å²) in [6, 6.07) is 8.10. The lowest BCUT2D eigenvalue weighted by Crippen LogP contribution is -2.33. The van der Waals surface area contributed by atoms with Crippen LogP contribution in [0.3, 0.4) is 0 Å². The second-order valence-electron chi connectivity index (χ2n) is 5.81. The Bertz CT molecular complexity index is 931. The minimum atomic E-state index is -4.40. The molecule has 29 heavy (non-hydrogen) atoms. The average molecular weight is 452 g/mol. The summed E-state index contributed by atoms with van der Waals surface area (Å²) in [6.07, 6.45) is -3.93. The van der Waals surface area contributed by atoms with Gasteiger partial charge >= 0.3 is 12.3 Å². The van der Waals surface area contributed by atoms with Crippen LogP contribution in [0.15, 0.2) is 36.4 Å². The van der Waals surface area contributed by atoms with Gasteiger partial charge in [-0.2, -0.15) is 8.78 Å². The fourth-order valence-corrected chi connectivity index (χ4v) is 2.52. The number of nitro benzene ring substituents is 1. The first-order valence-electron chi connectivity index (χ1n) is 7.91. The number of alkyl halides is 4. The Hall–Kier alpha value is -2.66. The topological polar surface area (TPSA) is 76.4 Å². The quantitative estimate of drug-likeness (QED) is 0.245. The molecule has 0 saturated heterocycles. The molecular weight excluding hydrogens is 438 g/mol. The van der Waals surface area contributed by atoms with E-state index in [2.05, 4.69) is 15.4 Å². The third-order valence-electron chi connectivity index (χ3n) is 3.63. The van der Waals surface area contributed by atoms with Gasteiger partial charge < -0.3 is 15.4 Å². The number of nitrogens with zero attached hydrogens (tertiary/aromatic N) is 1. The van der Waals surface area contributed by atoms with Crippen molar-refractivity contribution in [3.63, 3.8) is 0 Å². The summed E-state index contributed by atoms with van der Waals surface area (Å²) < 4.78 is 55.3. The molecule has 0 heterocycles. The molecule has 2 aromatic rings. The van der Waals surface area contributed by atoms with Crippen molar-refractivity contribution in [2.24, 2.45) is 0 Å².